The highest BCUT2D eigenvalue weighted by atomic mass is 79.9. The van der Waals surface area contributed by atoms with Crippen LogP contribution >= 0.6 is 27.7 Å². The first-order chi connectivity index (χ1) is 7.25. The molecule has 0 aromatic carbocycles. The standard InChI is InChI=1S/C10H14BrN3S/c11-9-5-8(13-14-10(9)12)4-7-2-1-3-15-6-7/h5,7H,1-4,6H2,(H2,12,14). The number of nitrogens with zero attached hydrogens (tertiary/aromatic N) is 2. The van der Waals surface area contributed by atoms with Gasteiger partial charge in [-0.25, -0.2) is 0 Å². The fraction of sp³-hybridized carbons (Fsp3) is 0.600. The van der Waals surface area contributed by atoms with Crippen molar-refractivity contribution in [3.8, 4) is 0 Å². The van der Waals surface area contributed by atoms with Gasteiger partial charge in [-0.2, -0.15) is 16.9 Å². The molecule has 1 unspecified atom stereocenters. The van der Waals surface area contributed by atoms with Gasteiger partial charge in [0.15, 0.2) is 5.82 Å². The summed E-state index contributed by atoms with van der Waals surface area (Å²) in [6, 6.07) is 1.99. The van der Waals surface area contributed by atoms with E-state index in [1.54, 1.807) is 0 Å². The number of thioether (sulfide) groups is 1. The summed E-state index contributed by atoms with van der Waals surface area (Å²) < 4.78 is 0.857. The van der Waals surface area contributed by atoms with Crippen molar-refractivity contribution in [2.45, 2.75) is 19.3 Å². The Morgan fingerprint density at radius 1 is 1.53 bits per heavy atom. The Morgan fingerprint density at radius 3 is 3.07 bits per heavy atom. The highest BCUT2D eigenvalue weighted by Crippen LogP contribution is 2.26. The molecule has 2 N–H and O–H groups in total. The normalized spacial score (nSPS) is 21.5. The van der Waals surface area contributed by atoms with E-state index >= 15 is 0 Å². The van der Waals surface area contributed by atoms with Crippen LogP contribution in [0.4, 0.5) is 5.82 Å². The van der Waals surface area contributed by atoms with E-state index in [4.69, 9.17) is 5.73 Å². The second-order valence-corrected chi connectivity index (χ2v) is 5.86. The van der Waals surface area contributed by atoms with Crippen LogP contribution in [-0.2, 0) is 6.42 Å². The Hall–Kier alpha value is -0.290. The molecule has 0 amide bonds. The summed E-state index contributed by atoms with van der Waals surface area (Å²) in [5.74, 6) is 3.79. The summed E-state index contributed by atoms with van der Waals surface area (Å²) in [6.07, 6.45) is 3.68. The van der Waals surface area contributed by atoms with Crippen LogP contribution in [0.3, 0.4) is 0 Å². The average molecular weight is 288 g/mol. The van der Waals surface area contributed by atoms with E-state index in [9.17, 15) is 0 Å². The Labute approximate surface area is 102 Å². The topological polar surface area (TPSA) is 51.8 Å². The number of hydrogen-bond acceptors (Lipinski definition) is 4. The van der Waals surface area contributed by atoms with Gasteiger partial charge in [-0.05, 0) is 58.7 Å². The minimum absolute atomic E-state index is 0.469. The van der Waals surface area contributed by atoms with Gasteiger partial charge in [0.05, 0.1) is 10.2 Å². The Morgan fingerprint density at radius 2 is 2.40 bits per heavy atom. The lowest BCUT2D eigenvalue weighted by Crippen LogP contribution is -2.14. The van der Waals surface area contributed by atoms with Crippen LogP contribution in [-0.4, -0.2) is 21.7 Å². The molecule has 1 aliphatic rings. The zero-order chi connectivity index (χ0) is 10.7. The number of halogens is 1. The van der Waals surface area contributed by atoms with Gasteiger partial charge in [0.25, 0.3) is 0 Å². The summed E-state index contributed by atoms with van der Waals surface area (Å²) in [5, 5.41) is 8.04. The molecular weight excluding hydrogens is 274 g/mol. The number of hydrogen-bond donors (Lipinski definition) is 1. The molecule has 1 atom stereocenters. The molecule has 3 nitrogen and oxygen atoms in total. The van der Waals surface area contributed by atoms with E-state index in [0.717, 1.165) is 22.5 Å². The summed E-state index contributed by atoms with van der Waals surface area (Å²) in [7, 11) is 0. The van der Waals surface area contributed by atoms with E-state index in [1.807, 2.05) is 17.8 Å². The molecular formula is C10H14BrN3S. The van der Waals surface area contributed by atoms with Crippen molar-refractivity contribution in [1.29, 1.82) is 0 Å². The summed E-state index contributed by atoms with van der Waals surface area (Å²) in [4.78, 5) is 0. The van der Waals surface area contributed by atoms with Gasteiger partial charge in [-0.15, -0.1) is 5.10 Å². The van der Waals surface area contributed by atoms with Gasteiger partial charge in [-0.3, -0.25) is 0 Å². The van der Waals surface area contributed by atoms with E-state index in [1.165, 1.54) is 24.3 Å². The third-order valence-electron chi connectivity index (χ3n) is 2.58. The van der Waals surface area contributed by atoms with Crippen molar-refractivity contribution in [3.05, 3.63) is 16.2 Å². The van der Waals surface area contributed by atoms with Crippen LogP contribution in [0.25, 0.3) is 0 Å². The van der Waals surface area contributed by atoms with E-state index in [-0.39, 0.29) is 0 Å². The maximum absolute atomic E-state index is 5.60. The molecule has 2 rings (SSSR count). The predicted molar refractivity (Wildman–Crippen MR) is 67.9 cm³/mol. The third kappa shape index (κ3) is 3.08. The molecule has 1 aromatic heterocycles. The van der Waals surface area contributed by atoms with Crippen molar-refractivity contribution in [1.82, 2.24) is 10.2 Å². The number of aromatic nitrogens is 2. The molecule has 0 aliphatic carbocycles. The highest BCUT2D eigenvalue weighted by molar-refractivity contribution is 9.10. The molecule has 0 bridgehead atoms. The lowest BCUT2D eigenvalue weighted by atomic mass is 9.99. The number of nitrogens with two attached hydrogens (primary N) is 1. The second kappa shape index (κ2) is 5.16. The fourth-order valence-electron chi connectivity index (χ4n) is 1.78. The van der Waals surface area contributed by atoms with Crippen LogP contribution in [0.1, 0.15) is 18.5 Å². The van der Waals surface area contributed by atoms with Crippen LogP contribution in [0.15, 0.2) is 10.5 Å². The Kier molecular flexibility index (Phi) is 3.86. The van der Waals surface area contributed by atoms with Crippen molar-refractivity contribution < 1.29 is 0 Å². The molecule has 82 valence electrons. The first-order valence-corrected chi connectivity index (χ1v) is 7.06. The van der Waals surface area contributed by atoms with Crippen LogP contribution in [0.5, 0.6) is 0 Å². The SMILES string of the molecule is Nc1nnc(CC2CCCSC2)cc1Br. The fourth-order valence-corrected chi connectivity index (χ4v) is 3.28. The second-order valence-electron chi connectivity index (χ2n) is 3.86. The quantitative estimate of drug-likeness (QED) is 0.908. The molecule has 1 saturated heterocycles. The molecule has 2 heterocycles. The van der Waals surface area contributed by atoms with E-state index in [2.05, 4.69) is 26.1 Å². The molecule has 0 saturated carbocycles. The minimum atomic E-state index is 0.469. The third-order valence-corrected chi connectivity index (χ3v) is 4.50. The molecule has 0 spiro atoms. The number of rotatable bonds is 2. The summed E-state index contributed by atoms with van der Waals surface area (Å²) in [6.45, 7) is 0. The maximum atomic E-state index is 5.60. The van der Waals surface area contributed by atoms with Crippen LogP contribution in [0, 0.1) is 5.92 Å². The van der Waals surface area contributed by atoms with Crippen molar-refractivity contribution in [2.75, 3.05) is 17.2 Å². The van der Waals surface area contributed by atoms with Crippen LogP contribution in [0.2, 0.25) is 0 Å². The Bertz CT molecular complexity index is 339. The molecule has 1 aliphatic heterocycles. The molecule has 1 aromatic rings. The molecule has 15 heavy (non-hydrogen) atoms. The smallest absolute Gasteiger partial charge is 0.160 e. The number of nitrogen functional groups attached to an aromatic ring is 1. The van der Waals surface area contributed by atoms with Crippen LogP contribution < -0.4 is 5.73 Å². The van der Waals surface area contributed by atoms with Gasteiger partial charge in [0.1, 0.15) is 0 Å². The lowest BCUT2D eigenvalue weighted by Gasteiger charge is -2.20. The van der Waals surface area contributed by atoms with Crippen molar-refractivity contribution >= 4 is 33.5 Å². The summed E-state index contributed by atoms with van der Waals surface area (Å²) >= 11 is 5.42. The summed E-state index contributed by atoms with van der Waals surface area (Å²) in [5.41, 5.74) is 6.64. The predicted octanol–water partition coefficient (Wildman–Crippen LogP) is 2.51. The minimum Gasteiger partial charge on any atom is -0.381 e. The van der Waals surface area contributed by atoms with E-state index < -0.39 is 0 Å². The molecule has 5 heteroatoms. The molecule has 0 radical (unpaired) electrons. The monoisotopic (exact) mass is 287 g/mol. The van der Waals surface area contributed by atoms with Crippen molar-refractivity contribution in [3.63, 3.8) is 0 Å². The molecule has 1 fully saturated rings. The van der Waals surface area contributed by atoms with Gasteiger partial charge in [-0.1, -0.05) is 0 Å². The van der Waals surface area contributed by atoms with Gasteiger partial charge in [0.2, 0.25) is 0 Å². The zero-order valence-corrected chi connectivity index (χ0v) is 10.9. The zero-order valence-electron chi connectivity index (χ0n) is 8.45. The van der Waals surface area contributed by atoms with Crippen molar-refractivity contribution in [2.24, 2.45) is 5.92 Å². The first kappa shape index (κ1) is 11.2. The highest BCUT2D eigenvalue weighted by Gasteiger charge is 2.15. The largest absolute Gasteiger partial charge is 0.381 e. The van der Waals surface area contributed by atoms with Gasteiger partial charge in [0, 0.05) is 0 Å². The van der Waals surface area contributed by atoms with E-state index in [0.29, 0.717) is 5.82 Å². The lowest BCUT2D eigenvalue weighted by molar-refractivity contribution is 0.512. The van der Waals surface area contributed by atoms with Gasteiger partial charge >= 0.3 is 0 Å². The number of anilines is 1. The van der Waals surface area contributed by atoms with Gasteiger partial charge < -0.3 is 5.73 Å². The average Bonchev–Trinajstić information content (AvgIpc) is 2.25. The Balaban J connectivity index is 2.00. The first-order valence-electron chi connectivity index (χ1n) is 5.11. The maximum Gasteiger partial charge on any atom is 0.160 e.